The molecule has 0 saturated heterocycles. The molecular formula is C30H49ClO3SSi. The van der Waals surface area contributed by atoms with Crippen LogP contribution in [0.3, 0.4) is 0 Å². The van der Waals surface area contributed by atoms with Gasteiger partial charge in [-0.05, 0) is 105 Å². The van der Waals surface area contributed by atoms with E-state index < -0.39 is 8.32 Å². The Kier molecular flexibility index (Phi) is 10.4. The summed E-state index contributed by atoms with van der Waals surface area (Å²) in [5.41, 5.74) is 0.360. The summed E-state index contributed by atoms with van der Waals surface area (Å²) >= 11 is 8.39. The van der Waals surface area contributed by atoms with Crippen molar-refractivity contribution in [2.45, 2.75) is 122 Å². The van der Waals surface area contributed by atoms with E-state index in [4.69, 9.17) is 20.8 Å². The average Bonchev–Trinajstić information content (AvgIpc) is 3.39. The molecule has 2 aliphatic carbocycles. The van der Waals surface area contributed by atoms with Crippen molar-refractivity contribution >= 4 is 37.2 Å². The summed E-state index contributed by atoms with van der Waals surface area (Å²) in [6.07, 6.45) is 17.0. The second-order valence-corrected chi connectivity index (χ2v) is 19.2. The van der Waals surface area contributed by atoms with Crippen molar-refractivity contribution in [2.75, 3.05) is 7.11 Å². The lowest BCUT2D eigenvalue weighted by Crippen LogP contribution is -2.51. The summed E-state index contributed by atoms with van der Waals surface area (Å²) in [4.78, 5) is 13.7. The highest BCUT2D eigenvalue weighted by Crippen LogP contribution is 2.51. The van der Waals surface area contributed by atoms with Gasteiger partial charge in [-0.25, -0.2) is 4.79 Å². The summed E-state index contributed by atoms with van der Waals surface area (Å²) in [5.74, 6) is 0.861. The Bertz CT molecular complexity index is 877. The standard InChI is InChI=1S/C30H49ClO3SSi/c1-8-30(20-11-21-30)27(34-36(6,7)29(2,3)4)15-10-14-24-22(16-18-25(24)31)12-9-13-23-17-19-26(35-23)28(32)33-5/h10,14,17,19,22,24-25,27H,8-9,11-13,15-16,18,20-21H2,1-7H3/b14-10+/t22-,24+,25-,27?/m0/s1. The quantitative estimate of drug-likeness (QED) is 0.112. The van der Waals surface area contributed by atoms with Crippen molar-refractivity contribution in [1.82, 2.24) is 0 Å². The molecule has 36 heavy (non-hydrogen) atoms. The van der Waals surface area contributed by atoms with Gasteiger partial charge in [-0.1, -0.05) is 46.3 Å². The van der Waals surface area contributed by atoms with Gasteiger partial charge in [0.1, 0.15) is 4.88 Å². The lowest BCUT2D eigenvalue weighted by atomic mass is 9.63. The first-order valence-electron chi connectivity index (χ1n) is 14.1. The zero-order chi connectivity index (χ0) is 26.6. The Morgan fingerprint density at radius 3 is 2.58 bits per heavy atom. The van der Waals surface area contributed by atoms with Gasteiger partial charge in [-0.15, -0.1) is 22.9 Å². The van der Waals surface area contributed by atoms with E-state index in [9.17, 15) is 4.79 Å². The second kappa shape index (κ2) is 12.5. The van der Waals surface area contributed by atoms with Gasteiger partial charge in [-0.3, -0.25) is 0 Å². The molecule has 0 spiro atoms. The Morgan fingerprint density at radius 1 is 1.28 bits per heavy atom. The van der Waals surface area contributed by atoms with Crippen molar-refractivity contribution in [2.24, 2.45) is 17.3 Å². The minimum absolute atomic E-state index is 0.228. The van der Waals surface area contributed by atoms with Crippen LogP contribution in [0.15, 0.2) is 24.3 Å². The second-order valence-electron chi connectivity index (χ2n) is 12.7. The highest BCUT2D eigenvalue weighted by Gasteiger charge is 2.47. The molecule has 1 heterocycles. The van der Waals surface area contributed by atoms with Gasteiger partial charge in [0, 0.05) is 10.3 Å². The fourth-order valence-corrected chi connectivity index (χ4v) is 8.57. The van der Waals surface area contributed by atoms with Crippen LogP contribution in [0.5, 0.6) is 0 Å². The number of hydrogen-bond acceptors (Lipinski definition) is 4. The summed E-state index contributed by atoms with van der Waals surface area (Å²) < 4.78 is 11.9. The minimum atomic E-state index is -1.83. The molecule has 2 saturated carbocycles. The number of carbonyl (C=O) groups excluding carboxylic acids is 1. The third-order valence-corrected chi connectivity index (χ3v) is 15.6. The van der Waals surface area contributed by atoms with E-state index >= 15 is 0 Å². The van der Waals surface area contributed by atoms with E-state index in [1.54, 1.807) is 11.3 Å². The topological polar surface area (TPSA) is 35.5 Å². The van der Waals surface area contributed by atoms with Crippen LogP contribution in [0, 0.1) is 17.3 Å². The van der Waals surface area contributed by atoms with Crippen LogP contribution in [-0.4, -0.2) is 32.9 Å². The molecular weight excluding hydrogens is 504 g/mol. The number of carbonyl (C=O) groups is 1. The van der Waals surface area contributed by atoms with Crippen molar-refractivity contribution in [3.8, 4) is 0 Å². The predicted octanol–water partition coefficient (Wildman–Crippen LogP) is 9.41. The van der Waals surface area contributed by atoms with Gasteiger partial charge in [0.15, 0.2) is 8.32 Å². The highest BCUT2D eigenvalue weighted by atomic mass is 35.5. The molecule has 0 amide bonds. The van der Waals surface area contributed by atoms with Crippen molar-refractivity contribution in [1.29, 1.82) is 0 Å². The molecule has 1 unspecified atom stereocenters. The van der Waals surface area contributed by atoms with Crippen LogP contribution in [-0.2, 0) is 15.6 Å². The van der Waals surface area contributed by atoms with Gasteiger partial charge in [0.25, 0.3) is 0 Å². The average molecular weight is 553 g/mol. The number of hydrogen-bond donors (Lipinski definition) is 0. The van der Waals surface area contributed by atoms with E-state index in [1.807, 2.05) is 6.07 Å². The van der Waals surface area contributed by atoms with Crippen LogP contribution in [0.4, 0.5) is 0 Å². The molecule has 6 heteroatoms. The molecule has 1 aromatic rings. The molecule has 1 aromatic heterocycles. The molecule has 0 N–H and O–H groups in total. The van der Waals surface area contributed by atoms with Crippen molar-refractivity contribution in [3.05, 3.63) is 34.0 Å². The third-order valence-electron chi connectivity index (χ3n) is 9.51. The minimum Gasteiger partial charge on any atom is -0.465 e. The maximum Gasteiger partial charge on any atom is 0.348 e. The summed E-state index contributed by atoms with van der Waals surface area (Å²) in [6, 6.07) is 3.95. The number of alkyl halides is 1. The predicted molar refractivity (Wildman–Crippen MR) is 157 cm³/mol. The number of allylic oxidation sites excluding steroid dienone is 1. The van der Waals surface area contributed by atoms with Crippen LogP contribution in [0.2, 0.25) is 18.1 Å². The molecule has 4 atom stereocenters. The number of esters is 1. The zero-order valence-corrected chi connectivity index (χ0v) is 26.3. The van der Waals surface area contributed by atoms with E-state index in [1.165, 1.54) is 50.5 Å². The van der Waals surface area contributed by atoms with E-state index in [0.717, 1.165) is 25.7 Å². The number of ether oxygens (including phenoxy) is 1. The van der Waals surface area contributed by atoms with E-state index in [0.29, 0.717) is 28.2 Å². The van der Waals surface area contributed by atoms with Crippen LogP contribution < -0.4 is 0 Å². The number of thiophene rings is 1. The summed E-state index contributed by atoms with van der Waals surface area (Å²) in [6.45, 7) is 14.2. The van der Waals surface area contributed by atoms with Crippen LogP contribution in [0.25, 0.3) is 0 Å². The Balaban J connectivity index is 1.59. The Morgan fingerprint density at radius 2 is 2.00 bits per heavy atom. The molecule has 0 aliphatic heterocycles. The first-order valence-corrected chi connectivity index (χ1v) is 18.2. The number of rotatable bonds is 12. The lowest BCUT2D eigenvalue weighted by Gasteiger charge is -2.51. The van der Waals surface area contributed by atoms with Crippen LogP contribution in [0.1, 0.15) is 100 Å². The number of aryl methyl sites for hydroxylation is 1. The van der Waals surface area contributed by atoms with Crippen molar-refractivity contribution < 1.29 is 14.0 Å². The normalized spacial score (nSPS) is 25.2. The molecule has 0 bridgehead atoms. The molecule has 0 radical (unpaired) electrons. The monoisotopic (exact) mass is 552 g/mol. The van der Waals surface area contributed by atoms with E-state index in [-0.39, 0.29) is 16.4 Å². The fraction of sp³-hybridized carbons (Fsp3) is 0.767. The number of halogens is 1. The van der Waals surface area contributed by atoms with Gasteiger partial charge >= 0.3 is 5.97 Å². The summed E-state index contributed by atoms with van der Waals surface area (Å²) in [7, 11) is -0.392. The molecule has 204 valence electrons. The molecule has 2 fully saturated rings. The van der Waals surface area contributed by atoms with Crippen molar-refractivity contribution in [3.63, 3.8) is 0 Å². The SMILES string of the molecule is CCC1(C(C/C=C/[C@@H]2[C@@H](CCCc3ccc(C(=O)OC)s3)CC[C@@H]2Cl)O[Si](C)(C)C(C)(C)C)CCC1. The van der Waals surface area contributed by atoms with E-state index in [2.05, 4.69) is 59.0 Å². The smallest absolute Gasteiger partial charge is 0.348 e. The Labute approximate surface area is 230 Å². The van der Waals surface area contributed by atoms with Crippen LogP contribution >= 0.6 is 22.9 Å². The molecule has 2 aliphatic rings. The summed E-state index contributed by atoms with van der Waals surface area (Å²) in [5, 5.41) is 0.466. The first kappa shape index (κ1) is 29.9. The maximum absolute atomic E-state index is 11.7. The Hall–Kier alpha value is -0.623. The maximum atomic E-state index is 11.7. The lowest BCUT2D eigenvalue weighted by molar-refractivity contribution is -0.0272. The fourth-order valence-electron chi connectivity index (χ4n) is 5.78. The molecule has 3 rings (SSSR count). The molecule has 3 nitrogen and oxygen atoms in total. The third kappa shape index (κ3) is 7.06. The largest absolute Gasteiger partial charge is 0.465 e. The highest BCUT2D eigenvalue weighted by molar-refractivity contribution is 7.13. The number of methoxy groups -OCH3 is 1. The zero-order valence-electron chi connectivity index (χ0n) is 23.7. The first-order chi connectivity index (χ1) is 16.9. The van der Waals surface area contributed by atoms with Gasteiger partial charge in [0.05, 0.1) is 13.2 Å². The van der Waals surface area contributed by atoms with Gasteiger partial charge in [-0.2, -0.15) is 0 Å². The van der Waals surface area contributed by atoms with Gasteiger partial charge in [0.2, 0.25) is 0 Å². The van der Waals surface area contributed by atoms with Gasteiger partial charge < -0.3 is 9.16 Å². The molecule has 0 aromatic carbocycles.